The van der Waals surface area contributed by atoms with Gasteiger partial charge in [0.25, 0.3) is 0 Å². The molecule has 0 aromatic heterocycles. The molecule has 1 unspecified atom stereocenters. The number of hydrogen-bond acceptors (Lipinski definition) is 8. The summed E-state index contributed by atoms with van der Waals surface area (Å²) in [6, 6.07) is 0. The topological polar surface area (TPSA) is 81.7 Å². The lowest BCUT2D eigenvalue weighted by Gasteiger charge is -2.43. The second kappa shape index (κ2) is 2.26. The summed E-state index contributed by atoms with van der Waals surface area (Å²) in [6.07, 6.45) is 0. The van der Waals surface area contributed by atoms with E-state index in [9.17, 15) is 4.79 Å². The van der Waals surface area contributed by atoms with Crippen LogP contribution in [0.15, 0.2) is 0 Å². The highest BCUT2D eigenvalue weighted by molar-refractivity contribution is 7.44. The molecule has 0 amide bonds. The third kappa shape index (κ3) is 0.655. The van der Waals surface area contributed by atoms with Crippen LogP contribution in [0.3, 0.4) is 0 Å². The van der Waals surface area contributed by atoms with Crippen molar-refractivity contribution in [2.45, 2.75) is 5.79 Å². The molecule has 1 saturated heterocycles. The van der Waals surface area contributed by atoms with Crippen molar-refractivity contribution >= 4 is 23.2 Å². The third-order valence-electron chi connectivity index (χ3n) is 3.14. The van der Waals surface area contributed by atoms with Gasteiger partial charge in [-0.15, -0.1) is 0 Å². The van der Waals surface area contributed by atoms with Crippen LogP contribution in [0.5, 0.6) is 28.7 Å². The smallest absolute Gasteiger partial charge is 0.422 e. The quantitative estimate of drug-likeness (QED) is 0.406. The van der Waals surface area contributed by atoms with E-state index in [1.54, 1.807) is 0 Å². The van der Waals surface area contributed by atoms with Crippen LogP contribution in [0.4, 0.5) is 0 Å². The Bertz CT molecular complexity index is 680. The zero-order valence-electron chi connectivity index (χ0n) is 8.16. The average molecular weight is 286 g/mol. The Morgan fingerprint density at radius 3 is 2.11 bits per heavy atom. The Hall–Kier alpha value is -1.33. The number of ether oxygens (including phenoxy) is 1. The molecule has 6 aliphatic heterocycles. The van der Waals surface area contributed by atoms with Crippen LogP contribution in [-0.4, -0.2) is 5.97 Å². The zero-order chi connectivity index (χ0) is 11.6. The molecule has 7 rings (SSSR count). The normalized spacial score (nSPS) is 37.9. The van der Waals surface area contributed by atoms with Gasteiger partial charge < -0.3 is 22.8 Å². The molecular weight excluding hydrogens is 286 g/mol. The van der Waals surface area contributed by atoms with E-state index in [0.717, 1.165) is 0 Å². The predicted molar refractivity (Wildman–Crippen MR) is 52.3 cm³/mol. The number of benzene rings is 1. The highest BCUT2D eigenvalue weighted by atomic mass is 31.2. The van der Waals surface area contributed by atoms with E-state index in [4.69, 9.17) is 31.9 Å². The Kier molecular flexibility index (Phi) is 1.09. The van der Waals surface area contributed by atoms with Gasteiger partial charge >= 0.3 is 29.0 Å². The van der Waals surface area contributed by atoms with Crippen molar-refractivity contribution in [3.8, 4) is 28.7 Å². The molecule has 10 heteroatoms. The van der Waals surface area contributed by atoms with Gasteiger partial charge in [0, 0.05) is 0 Å². The standard InChI is InChI=1S/C8O8P2/c9-7-8-1-2(10-7)4-6-5(13-17(12-4)14-6)3(1)11-18(15-8)16-8. The van der Waals surface area contributed by atoms with E-state index >= 15 is 0 Å². The molecule has 1 spiro atoms. The molecule has 0 aliphatic carbocycles. The van der Waals surface area contributed by atoms with Crippen molar-refractivity contribution in [1.29, 1.82) is 0 Å². The largest absolute Gasteiger partial charge is 0.531 e. The summed E-state index contributed by atoms with van der Waals surface area (Å²) < 4.78 is 37.6. The first kappa shape index (κ1) is 8.72. The van der Waals surface area contributed by atoms with Crippen LogP contribution in [0.25, 0.3) is 0 Å². The van der Waals surface area contributed by atoms with Gasteiger partial charge in [0.05, 0.1) is 0 Å². The number of hydrogen-bond donors (Lipinski definition) is 0. The fourth-order valence-corrected chi connectivity index (χ4v) is 4.63. The van der Waals surface area contributed by atoms with E-state index in [0.29, 0.717) is 28.6 Å². The van der Waals surface area contributed by atoms with Crippen molar-refractivity contribution in [1.82, 2.24) is 0 Å². The van der Waals surface area contributed by atoms with E-state index in [2.05, 4.69) is 0 Å². The fourth-order valence-electron chi connectivity index (χ4n) is 2.41. The molecule has 1 fully saturated rings. The molecule has 18 heavy (non-hydrogen) atoms. The van der Waals surface area contributed by atoms with E-state index in [1.807, 2.05) is 0 Å². The number of carbonyl (C=O) groups is 1. The molecule has 0 radical (unpaired) electrons. The predicted octanol–water partition coefficient (Wildman–Crippen LogP) is 1.81. The van der Waals surface area contributed by atoms with Crippen LogP contribution in [0.1, 0.15) is 5.56 Å². The molecule has 90 valence electrons. The van der Waals surface area contributed by atoms with Gasteiger partial charge in [-0.3, -0.25) is 9.05 Å². The lowest BCUT2D eigenvalue weighted by molar-refractivity contribution is -0.220. The summed E-state index contributed by atoms with van der Waals surface area (Å²) in [5.41, 5.74) is 0.381. The lowest BCUT2D eigenvalue weighted by atomic mass is 10.0. The lowest BCUT2D eigenvalue weighted by Crippen LogP contribution is -2.47. The van der Waals surface area contributed by atoms with E-state index < -0.39 is 29.0 Å². The fraction of sp³-hybridized carbons (Fsp3) is 0.125. The average Bonchev–Trinajstić information content (AvgIpc) is 2.97. The molecular formula is C8O8P2. The minimum Gasteiger partial charge on any atom is -0.422 e. The molecule has 6 aliphatic rings. The van der Waals surface area contributed by atoms with Crippen molar-refractivity contribution in [2.75, 3.05) is 0 Å². The van der Waals surface area contributed by atoms with Gasteiger partial charge in [0.15, 0.2) is 11.5 Å². The second-order valence-electron chi connectivity index (χ2n) is 4.02. The van der Waals surface area contributed by atoms with Crippen LogP contribution in [-0.2, 0) is 19.6 Å². The van der Waals surface area contributed by atoms with Gasteiger partial charge in [-0.05, 0) is 0 Å². The summed E-state index contributed by atoms with van der Waals surface area (Å²) in [7, 11) is -3.03. The van der Waals surface area contributed by atoms with Crippen molar-refractivity contribution in [3.63, 3.8) is 0 Å². The summed E-state index contributed by atoms with van der Waals surface area (Å²) in [5.74, 6) is -0.224. The molecule has 0 N–H and O–H groups in total. The number of fused-ring (bicyclic) bond motifs is 2. The SMILES string of the molecule is O=C1Oc2c3c4c(c5c2C12OP(O5)O2)OP(O4)O3. The summed E-state index contributed by atoms with van der Waals surface area (Å²) in [6.45, 7) is 0. The second-order valence-corrected chi connectivity index (χ2v) is 6.01. The summed E-state index contributed by atoms with van der Waals surface area (Å²) >= 11 is 0. The van der Waals surface area contributed by atoms with Crippen LogP contribution < -0.4 is 22.8 Å². The number of rotatable bonds is 0. The van der Waals surface area contributed by atoms with E-state index in [1.165, 1.54) is 0 Å². The van der Waals surface area contributed by atoms with Crippen molar-refractivity contribution in [2.24, 2.45) is 0 Å². The highest BCUT2D eigenvalue weighted by Gasteiger charge is 2.72. The van der Waals surface area contributed by atoms with Gasteiger partial charge in [-0.1, -0.05) is 0 Å². The van der Waals surface area contributed by atoms with Crippen molar-refractivity contribution < 1.29 is 36.7 Å². The third-order valence-corrected chi connectivity index (χ3v) is 5.28. The summed E-state index contributed by atoms with van der Waals surface area (Å²) in [4.78, 5) is 11.9. The Labute approximate surface area is 101 Å². The van der Waals surface area contributed by atoms with Gasteiger partial charge in [-0.2, -0.15) is 0 Å². The Morgan fingerprint density at radius 2 is 1.39 bits per heavy atom. The van der Waals surface area contributed by atoms with Crippen molar-refractivity contribution in [3.05, 3.63) is 5.56 Å². The first-order chi connectivity index (χ1) is 8.76. The minimum atomic E-state index is -1.55. The first-order valence-corrected chi connectivity index (χ1v) is 7.12. The van der Waals surface area contributed by atoms with Gasteiger partial charge in [0.1, 0.15) is 5.56 Å². The molecule has 4 bridgehead atoms. The van der Waals surface area contributed by atoms with Crippen LogP contribution in [0, 0.1) is 0 Å². The first-order valence-electron chi connectivity index (χ1n) is 4.93. The Balaban J connectivity index is 1.81. The zero-order valence-corrected chi connectivity index (χ0v) is 9.95. The number of esters is 1. The highest BCUT2D eigenvalue weighted by Crippen LogP contribution is 2.80. The molecule has 0 saturated carbocycles. The minimum absolute atomic E-state index is 0.247. The Morgan fingerprint density at radius 1 is 0.778 bits per heavy atom. The molecule has 1 aromatic carbocycles. The molecule has 8 nitrogen and oxygen atoms in total. The maximum Gasteiger partial charge on any atom is 0.531 e. The monoisotopic (exact) mass is 286 g/mol. The van der Waals surface area contributed by atoms with Crippen LogP contribution >= 0.6 is 17.2 Å². The van der Waals surface area contributed by atoms with Gasteiger partial charge in [0.2, 0.25) is 17.2 Å². The molecule has 1 aromatic rings. The number of carbonyl (C=O) groups excluding carboxylic acids is 1. The maximum absolute atomic E-state index is 11.9. The maximum atomic E-state index is 11.9. The molecule has 6 heterocycles. The molecule has 1 atom stereocenters. The van der Waals surface area contributed by atoms with E-state index in [-0.39, 0.29) is 5.75 Å². The van der Waals surface area contributed by atoms with Gasteiger partial charge in [-0.25, -0.2) is 4.79 Å². The summed E-state index contributed by atoms with van der Waals surface area (Å²) in [5, 5.41) is 0. The van der Waals surface area contributed by atoms with Crippen LogP contribution in [0.2, 0.25) is 0 Å².